The highest BCUT2D eigenvalue weighted by Crippen LogP contribution is 2.37. The van der Waals surface area contributed by atoms with Gasteiger partial charge in [-0.05, 0) is 36.1 Å². The molecule has 2 aliphatic heterocycles. The minimum atomic E-state index is -0.265. The Morgan fingerprint density at radius 2 is 1.57 bits per heavy atom. The summed E-state index contributed by atoms with van der Waals surface area (Å²) >= 11 is 6.90. The van der Waals surface area contributed by atoms with Crippen LogP contribution in [0.15, 0.2) is 70.4 Å². The van der Waals surface area contributed by atoms with Crippen molar-refractivity contribution < 1.29 is 4.79 Å². The highest BCUT2D eigenvalue weighted by Gasteiger charge is 2.33. The molecule has 0 unspecified atom stereocenters. The maximum Gasteiger partial charge on any atom is 0.270 e. The van der Waals surface area contributed by atoms with Gasteiger partial charge in [-0.2, -0.15) is 5.26 Å². The van der Waals surface area contributed by atoms with E-state index in [9.17, 15) is 14.9 Å². The number of carbonyl (C=O) groups is 1. The molecule has 0 bridgehead atoms. The van der Waals surface area contributed by atoms with Crippen molar-refractivity contribution in [3.05, 3.63) is 104 Å². The van der Waals surface area contributed by atoms with Gasteiger partial charge < -0.3 is 4.90 Å². The maximum absolute atomic E-state index is 13.6. The zero-order valence-corrected chi connectivity index (χ0v) is 25.7. The van der Waals surface area contributed by atoms with Gasteiger partial charge in [-0.1, -0.05) is 98.0 Å². The quantitative estimate of drug-likeness (QED) is 0.237. The molecule has 42 heavy (non-hydrogen) atoms. The fourth-order valence-electron chi connectivity index (χ4n) is 5.50. The van der Waals surface area contributed by atoms with E-state index in [-0.39, 0.29) is 17.0 Å². The molecule has 2 aromatic carbocycles. The molecule has 216 valence electrons. The number of amides is 1. The SMILES string of the molecule is CCCCn1c(N2CCN(Cc3ccccc3)CC2)c(C=C2SC(=S)N(Cc3ccccc3)C2=O)c(C)c(C#N)c1=O. The number of nitrogens with zero attached hydrogens (tertiary/aromatic N) is 5. The van der Waals surface area contributed by atoms with E-state index in [0.29, 0.717) is 27.9 Å². The van der Waals surface area contributed by atoms with Gasteiger partial charge in [0.1, 0.15) is 21.8 Å². The van der Waals surface area contributed by atoms with Gasteiger partial charge in [0.2, 0.25) is 0 Å². The third-order valence-electron chi connectivity index (χ3n) is 7.84. The molecule has 0 radical (unpaired) electrons. The summed E-state index contributed by atoms with van der Waals surface area (Å²) in [6, 6.07) is 22.4. The zero-order valence-electron chi connectivity index (χ0n) is 24.1. The summed E-state index contributed by atoms with van der Waals surface area (Å²) in [5.74, 6) is 0.634. The Kier molecular flexibility index (Phi) is 9.58. The summed E-state index contributed by atoms with van der Waals surface area (Å²) in [4.78, 5) is 34.1. The number of carbonyl (C=O) groups excluding carboxylic acids is 1. The summed E-state index contributed by atoms with van der Waals surface area (Å²) < 4.78 is 2.27. The molecule has 2 aliphatic rings. The third-order valence-corrected chi connectivity index (χ3v) is 9.21. The molecule has 1 aromatic heterocycles. The van der Waals surface area contributed by atoms with Crippen molar-refractivity contribution in [2.75, 3.05) is 31.1 Å². The number of aromatic nitrogens is 1. The highest BCUT2D eigenvalue weighted by molar-refractivity contribution is 8.26. The number of hydrogen-bond donors (Lipinski definition) is 0. The van der Waals surface area contributed by atoms with Crippen LogP contribution >= 0.6 is 24.0 Å². The van der Waals surface area contributed by atoms with Crippen molar-refractivity contribution in [3.8, 4) is 6.07 Å². The number of nitriles is 1. The molecule has 3 heterocycles. The van der Waals surface area contributed by atoms with Gasteiger partial charge in [0.25, 0.3) is 11.5 Å². The van der Waals surface area contributed by atoms with Gasteiger partial charge in [-0.25, -0.2) is 0 Å². The molecule has 2 fully saturated rings. The second-order valence-electron chi connectivity index (χ2n) is 10.7. The molecule has 0 aliphatic carbocycles. The Morgan fingerprint density at radius 3 is 2.17 bits per heavy atom. The molecule has 0 saturated carbocycles. The number of unbranched alkanes of at least 4 members (excludes halogenated alkanes) is 1. The van der Waals surface area contributed by atoms with Crippen molar-refractivity contribution in [1.29, 1.82) is 5.26 Å². The highest BCUT2D eigenvalue weighted by atomic mass is 32.2. The second kappa shape index (κ2) is 13.5. The van der Waals surface area contributed by atoms with E-state index >= 15 is 0 Å². The second-order valence-corrected chi connectivity index (χ2v) is 12.3. The standard InChI is InChI=1S/C33H35N5O2S2/c1-3-4-15-37-30(36-18-16-35(17-19-36)22-25-11-7-5-8-12-25)27(24(2)28(21-34)31(37)39)20-29-32(40)38(33(41)42-29)23-26-13-9-6-10-14-26/h5-14,20H,3-4,15-19,22-23H2,1-2H3. The predicted molar refractivity (Wildman–Crippen MR) is 174 cm³/mol. The van der Waals surface area contributed by atoms with Crippen LogP contribution < -0.4 is 10.5 Å². The molecule has 0 N–H and O–H groups in total. The first-order valence-corrected chi connectivity index (χ1v) is 15.6. The predicted octanol–water partition coefficient (Wildman–Crippen LogP) is 5.55. The first-order chi connectivity index (χ1) is 20.4. The topological polar surface area (TPSA) is 72.6 Å². The van der Waals surface area contributed by atoms with E-state index < -0.39 is 0 Å². The molecular weight excluding hydrogens is 563 g/mol. The number of rotatable bonds is 9. The molecule has 0 spiro atoms. The first-order valence-electron chi connectivity index (χ1n) is 14.4. The summed E-state index contributed by atoms with van der Waals surface area (Å²) in [5, 5.41) is 10.0. The monoisotopic (exact) mass is 597 g/mol. The number of hydrogen-bond acceptors (Lipinski definition) is 7. The number of thiocarbonyl (C=S) groups is 1. The van der Waals surface area contributed by atoms with E-state index in [0.717, 1.165) is 62.5 Å². The van der Waals surface area contributed by atoms with Crippen molar-refractivity contribution in [1.82, 2.24) is 14.4 Å². The van der Waals surface area contributed by atoms with Gasteiger partial charge in [0, 0.05) is 44.8 Å². The number of benzene rings is 2. The lowest BCUT2D eigenvalue weighted by atomic mass is 10.0. The number of thioether (sulfide) groups is 1. The van der Waals surface area contributed by atoms with Crippen LogP contribution in [-0.4, -0.2) is 50.8 Å². The minimum Gasteiger partial charge on any atom is -0.355 e. The largest absolute Gasteiger partial charge is 0.355 e. The Balaban J connectivity index is 1.51. The molecule has 5 rings (SSSR count). The molecule has 1 amide bonds. The van der Waals surface area contributed by atoms with E-state index in [1.165, 1.54) is 17.3 Å². The fraction of sp³-hybridized carbons (Fsp3) is 0.333. The lowest BCUT2D eigenvalue weighted by molar-refractivity contribution is -0.122. The van der Waals surface area contributed by atoms with Crippen molar-refractivity contribution in [2.24, 2.45) is 0 Å². The Hall–Kier alpha value is -3.71. The summed E-state index contributed by atoms with van der Waals surface area (Å²) in [5.41, 5.74) is 3.49. The Morgan fingerprint density at radius 1 is 0.952 bits per heavy atom. The number of anilines is 1. The number of pyridine rings is 1. The van der Waals surface area contributed by atoms with Crippen LogP contribution in [0.5, 0.6) is 0 Å². The van der Waals surface area contributed by atoms with Crippen LogP contribution in [0.3, 0.4) is 0 Å². The first kappa shape index (κ1) is 29.8. The smallest absolute Gasteiger partial charge is 0.270 e. The van der Waals surface area contributed by atoms with Gasteiger partial charge in [-0.3, -0.25) is 24.0 Å². The Bertz CT molecular complexity index is 1590. The van der Waals surface area contributed by atoms with E-state index in [2.05, 4.69) is 47.1 Å². The molecule has 2 saturated heterocycles. The summed E-state index contributed by atoms with van der Waals surface area (Å²) in [7, 11) is 0. The molecule has 0 atom stereocenters. The molecule has 9 heteroatoms. The minimum absolute atomic E-state index is 0.128. The maximum atomic E-state index is 13.6. The van der Waals surface area contributed by atoms with Crippen molar-refractivity contribution in [3.63, 3.8) is 0 Å². The van der Waals surface area contributed by atoms with Crippen LogP contribution in [0.4, 0.5) is 5.82 Å². The summed E-state index contributed by atoms with van der Waals surface area (Å²) in [6.45, 7) is 8.85. The average molecular weight is 598 g/mol. The van der Waals surface area contributed by atoms with Crippen LogP contribution in [0, 0.1) is 18.3 Å². The van der Waals surface area contributed by atoms with Crippen molar-refractivity contribution in [2.45, 2.75) is 46.3 Å². The lowest BCUT2D eigenvalue weighted by Crippen LogP contribution is -2.48. The van der Waals surface area contributed by atoms with E-state index in [1.54, 1.807) is 9.47 Å². The van der Waals surface area contributed by atoms with Crippen LogP contribution in [-0.2, 0) is 24.4 Å². The van der Waals surface area contributed by atoms with Gasteiger partial charge in [0.15, 0.2) is 0 Å². The van der Waals surface area contributed by atoms with Gasteiger partial charge in [-0.15, -0.1) is 0 Å². The van der Waals surface area contributed by atoms with Gasteiger partial charge in [0.05, 0.1) is 11.4 Å². The number of piperazine rings is 1. The summed E-state index contributed by atoms with van der Waals surface area (Å²) in [6.07, 6.45) is 3.58. The normalized spacial score (nSPS) is 16.8. The molecule has 3 aromatic rings. The lowest BCUT2D eigenvalue weighted by Gasteiger charge is -2.38. The third kappa shape index (κ3) is 6.36. The van der Waals surface area contributed by atoms with E-state index in [1.807, 2.05) is 49.4 Å². The fourth-order valence-corrected chi connectivity index (χ4v) is 6.74. The van der Waals surface area contributed by atoms with Crippen LogP contribution in [0.1, 0.15) is 47.6 Å². The van der Waals surface area contributed by atoms with Crippen LogP contribution in [0.2, 0.25) is 0 Å². The van der Waals surface area contributed by atoms with Crippen LogP contribution in [0.25, 0.3) is 6.08 Å². The van der Waals surface area contributed by atoms with Crippen molar-refractivity contribution >= 4 is 46.1 Å². The average Bonchev–Trinajstić information content (AvgIpc) is 3.27. The zero-order chi connectivity index (χ0) is 29.6. The van der Waals surface area contributed by atoms with E-state index in [4.69, 9.17) is 12.2 Å². The molecule has 7 nitrogen and oxygen atoms in total. The Labute approximate surface area is 257 Å². The van der Waals surface area contributed by atoms with Gasteiger partial charge >= 0.3 is 0 Å². The molecular formula is C33H35N5O2S2.